The second-order valence-electron chi connectivity index (χ2n) is 12.0. The van der Waals surface area contributed by atoms with Crippen molar-refractivity contribution in [3.63, 3.8) is 0 Å². The first kappa shape index (κ1) is 27.9. The van der Waals surface area contributed by atoms with Crippen LogP contribution in [0.25, 0.3) is 0 Å². The van der Waals surface area contributed by atoms with Crippen LogP contribution in [0.1, 0.15) is 89.5 Å². The summed E-state index contributed by atoms with van der Waals surface area (Å²) in [6.07, 6.45) is 1.31. The molecule has 0 heterocycles. The SMILES string of the molecule is CC(C)CCN(CCN(CC(C)C(C)C)CC(C)C(C)C)CC(C)C(C)(C)C. The molecule has 0 aromatic rings. The van der Waals surface area contributed by atoms with Gasteiger partial charge in [-0.05, 0) is 53.9 Å². The molecule has 170 valence electrons. The van der Waals surface area contributed by atoms with Crippen molar-refractivity contribution in [2.24, 2.45) is 40.9 Å². The van der Waals surface area contributed by atoms with Crippen molar-refractivity contribution in [1.29, 1.82) is 0 Å². The zero-order valence-corrected chi connectivity index (χ0v) is 21.8. The summed E-state index contributed by atoms with van der Waals surface area (Å²) >= 11 is 0. The van der Waals surface area contributed by atoms with Gasteiger partial charge in [0.25, 0.3) is 0 Å². The lowest BCUT2D eigenvalue weighted by atomic mass is 9.82. The molecule has 0 bridgehead atoms. The van der Waals surface area contributed by atoms with E-state index in [9.17, 15) is 0 Å². The quantitative estimate of drug-likeness (QED) is 0.315. The molecule has 0 N–H and O–H groups in total. The molecule has 0 saturated carbocycles. The molecule has 28 heavy (non-hydrogen) atoms. The van der Waals surface area contributed by atoms with Gasteiger partial charge >= 0.3 is 0 Å². The molecule has 0 aromatic heterocycles. The van der Waals surface area contributed by atoms with E-state index in [1.54, 1.807) is 0 Å². The van der Waals surface area contributed by atoms with Crippen LogP contribution in [0.4, 0.5) is 0 Å². The van der Waals surface area contributed by atoms with Crippen LogP contribution in [0.5, 0.6) is 0 Å². The molecule has 0 fully saturated rings. The molecule has 0 aliphatic carbocycles. The van der Waals surface area contributed by atoms with E-state index < -0.39 is 0 Å². The normalized spacial score (nSPS) is 16.6. The molecule has 0 radical (unpaired) electrons. The second-order valence-corrected chi connectivity index (χ2v) is 12.0. The van der Waals surface area contributed by atoms with Crippen LogP contribution in [0.2, 0.25) is 0 Å². The van der Waals surface area contributed by atoms with E-state index in [1.165, 1.54) is 45.7 Å². The lowest BCUT2D eigenvalue weighted by Gasteiger charge is -2.36. The summed E-state index contributed by atoms with van der Waals surface area (Å²) in [5, 5.41) is 0. The third-order valence-corrected chi connectivity index (χ3v) is 7.13. The first-order chi connectivity index (χ1) is 12.7. The molecule has 2 nitrogen and oxygen atoms in total. The largest absolute Gasteiger partial charge is 0.302 e. The van der Waals surface area contributed by atoms with Gasteiger partial charge in [-0.25, -0.2) is 0 Å². The lowest BCUT2D eigenvalue weighted by molar-refractivity contribution is 0.119. The van der Waals surface area contributed by atoms with E-state index in [-0.39, 0.29) is 0 Å². The Morgan fingerprint density at radius 2 is 1.00 bits per heavy atom. The summed E-state index contributed by atoms with van der Waals surface area (Å²) in [5.41, 5.74) is 0.383. The fraction of sp³-hybridized carbons (Fsp3) is 1.00. The van der Waals surface area contributed by atoms with Crippen molar-refractivity contribution in [1.82, 2.24) is 9.80 Å². The van der Waals surface area contributed by atoms with E-state index in [0.29, 0.717) is 5.41 Å². The minimum atomic E-state index is 0.383. The van der Waals surface area contributed by atoms with Gasteiger partial charge in [0.2, 0.25) is 0 Å². The first-order valence-corrected chi connectivity index (χ1v) is 12.2. The monoisotopic (exact) mass is 396 g/mol. The maximum Gasteiger partial charge on any atom is 0.0110 e. The third-order valence-electron chi connectivity index (χ3n) is 7.13. The minimum Gasteiger partial charge on any atom is -0.302 e. The number of hydrogen-bond donors (Lipinski definition) is 0. The molecule has 0 aliphatic heterocycles. The second kappa shape index (κ2) is 13.3. The summed E-state index contributed by atoms with van der Waals surface area (Å²) in [4.78, 5) is 5.52. The van der Waals surface area contributed by atoms with Crippen LogP contribution in [0.3, 0.4) is 0 Å². The highest BCUT2D eigenvalue weighted by molar-refractivity contribution is 4.76. The Labute approximate surface area is 179 Å². The van der Waals surface area contributed by atoms with Crippen LogP contribution >= 0.6 is 0 Å². The Bertz CT molecular complexity index is 364. The third kappa shape index (κ3) is 12.5. The van der Waals surface area contributed by atoms with E-state index in [1.807, 2.05) is 0 Å². The zero-order valence-electron chi connectivity index (χ0n) is 21.8. The molecule has 0 aromatic carbocycles. The highest BCUT2D eigenvalue weighted by Crippen LogP contribution is 2.26. The number of rotatable bonds is 14. The van der Waals surface area contributed by atoms with Gasteiger partial charge in [-0.3, -0.25) is 0 Å². The molecule has 0 saturated heterocycles. The topological polar surface area (TPSA) is 6.48 Å². The van der Waals surface area contributed by atoms with Gasteiger partial charge in [0.05, 0.1) is 0 Å². The predicted molar refractivity (Wildman–Crippen MR) is 129 cm³/mol. The van der Waals surface area contributed by atoms with E-state index in [0.717, 1.165) is 35.5 Å². The molecule has 0 spiro atoms. The van der Waals surface area contributed by atoms with Gasteiger partial charge in [0.15, 0.2) is 0 Å². The number of nitrogens with zero attached hydrogens (tertiary/aromatic N) is 2. The maximum absolute atomic E-state index is 2.76. The molecule has 0 rings (SSSR count). The van der Waals surface area contributed by atoms with Crippen molar-refractivity contribution in [2.45, 2.75) is 89.5 Å². The van der Waals surface area contributed by atoms with Gasteiger partial charge in [0, 0.05) is 32.7 Å². The van der Waals surface area contributed by atoms with Crippen LogP contribution in [-0.4, -0.2) is 49.1 Å². The van der Waals surface area contributed by atoms with Crippen LogP contribution in [0.15, 0.2) is 0 Å². The van der Waals surface area contributed by atoms with Crippen molar-refractivity contribution < 1.29 is 0 Å². The highest BCUT2D eigenvalue weighted by Gasteiger charge is 2.24. The molecular weight excluding hydrogens is 340 g/mol. The van der Waals surface area contributed by atoms with Gasteiger partial charge in [-0.15, -0.1) is 0 Å². The zero-order chi connectivity index (χ0) is 22.1. The molecular formula is C26H56N2. The summed E-state index contributed by atoms with van der Waals surface area (Å²) in [5.74, 6) is 4.54. The van der Waals surface area contributed by atoms with Crippen molar-refractivity contribution in [2.75, 3.05) is 39.3 Å². The van der Waals surface area contributed by atoms with Gasteiger partial charge in [0.1, 0.15) is 0 Å². The Morgan fingerprint density at radius 3 is 1.36 bits per heavy atom. The summed E-state index contributed by atoms with van der Waals surface area (Å²) in [7, 11) is 0. The minimum absolute atomic E-state index is 0.383. The van der Waals surface area contributed by atoms with Crippen molar-refractivity contribution >= 4 is 0 Å². The maximum atomic E-state index is 2.76. The summed E-state index contributed by atoms with van der Waals surface area (Å²) in [6.45, 7) is 36.0. The standard InChI is InChI=1S/C26H56N2/c1-20(2)13-14-27(19-25(9)26(10,11)12)15-16-28(17-23(7)21(3)4)18-24(8)22(5)6/h20-25H,13-19H2,1-12H3. The van der Waals surface area contributed by atoms with Gasteiger partial charge in [-0.1, -0.05) is 83.1 Å². The predicted octanol–water partition coefficient (Wildman–Crippen LogP) is 6.90. The van der Waals surface area contributed by atoms with Crippen LogP contribution < -0.4 is 0 Å². The molecule has 3 unspecified atom stereocenters. The van der Waals surface area contributed by atoms with Gasteiger partial charge < -0.3 is 9.80 Å². The van der Waals surface area contributed by atoms with Gasteiger partial charge in [-0.2, -0.15) is 0 Å². The van der Waals surface area contributed by atoms with Crippen LogP contribution in [0, 0.1) is 40.9 Å². The van der Waals surface area contributed by atoms with Crippen molar-refractivity contribution in [3.8, 4) is 0 Å². The first-order valence-electron chi connectivity index (χ1n) is 12.2. The Morgan fingerprint density at radius 1 is 0.571 bits per heavy atom. The average Bonchev–Trinajstić information content (AvgIpc) is 2.55. The Kier molecular flexibility index (Phi) is 13.2. The van der Waals surface area contributed by atoms with Crippen molar-refractivity contribution in [3.05, 3.63) is 0 Å². The number of hydrogen-bond acceptors (Lipinski definition) is 2. The average molecular weight is 397 g/mol. The van der Waals surface area contributed by atoms with E-state index in [2.05, 4.69) is 92.9 Å². The molecule has 0 amide bonds. The fourth-order valence-electron chi connectivity index (χ4n) is 3.17. The molecule has 0 aliphatic rings. The van der Waals surface area contributed by atoms with E-state index >= 15 is 0 Å². The lowest BCUT2D eigenvalue weighted by Crippen LogP contribution is -2.43. The fourth-order valence-corrected chi connectivity index (χ4v) is 3.17. The van der Waals surface area contributed by atoms with E-state index in [4.69, 9.17) is 0 Å². The highest BCUT2D eigenvalue weighted by atomic mass is 15.2. The molecule has 2 heteroatoms. The molecule has 3 atom stereocenters. The Balaban J connectivity index is 5.02. The summed E-state index contributed by atoms with van der Waals surface area (Å²) in [6, 6.07) is 0. The summed E-state index contributed by atoms with van der Waals surface area (Å²) < 4.78 is 0. The smallest absolute Gasteiger partial charge is 0.0110 e. The Hall–Kier alpha value is -0.0800. The van der Waals surface area contributed by atoms with Crippen LogP contribution in [-0.2, 0) is 0 Å².